The zero-order valence-corrected chi connectivity index (χ0v) is 12.7. The molecule has 0 aliphatic rings. The molecule has 0 aliphatic carbocycles. The molecule has 0 aliphatic heterocycles. The number of hydrogen-bond acceptors (Lipinski definition) is 2. The van der Waals surface area contributed by atoms with Gasteiger partial charge in [0.2, 0.25) is 0 Å². The van der Waals surface area contributed by atoms with Crippen LogP contribution in [0, 0.1) is 0 Å². The van der Waals surface area contributed by atoms with Gasteiger partial charge in [-0.2, -0.15) is 0 Å². The van der Waals surface area contributed by atoms with Crippen molar-refractivity contribution in [3.8, 4) is 0 Å². The van der Waals surface area contributed by atoms with Crippen LogP contribution in [-0.2, 0) is 0 Å². The third-order valence-corrected chi connectivity index (χ3v) is 4.44. The number of hydrogen-bond donors (Lipinski definition) is 2. The van der Waals surface area contributed by atoms with Crippen molar-refractivity contribution in [3.63, 3.8) is 0 Å². The van der Waals surface area contributed by atoms with E-state index in [9.17, 15) is 5.11 Å². The maximum atomic E-state index is 10.4. The maximum Gasteiger partial charge on any atom is 0.0914 e. The van der Waals surface area contributed by atoms with Crippen LogP contribution >= 0.6 is 0 Å². The molecule has 1 atom stereocenters. The Morgan fingerprint density at radius 1 is 1.05 bits per heavy atom. The molecular weight excluding hydrogens is 246 g/mol. The number of β-amino-alcohol motifs (C(OH)–C–C–N with tert-alkyl or cyclic N) is 1. The Labute approximate surface area is 121 Å². The van der Waals surface area contributed by atoms with E-state index in [0.717, 1.165) is 18.4 Å². The Morgan fingerprint density at radius 2 is 1.70 bits per heavy atom. The minimum atomic E-state index is -0.461. The summed E-state index contributed by atoms with van der Waals surface area (Å²) in [5, 5.41) is 16.3. The smallest absolute Gasteiger partial charge is 0.0914 e. The summed E-state index contributed by atoms with van der Waals surface area (Å²) in [4.78, 5) is 0. The lowest BCUT2D eigenvalue weighted by atomic mass is 9.95. The maximum absolute atomic E-state index is 10.4. The molecular formula is C18H25NO. The number of aliphatic hydroxyl groups excluding tert-OH is 1. The van der Waals surface area contributed by atoms with E-state index < -0.39 is 6.10 Å². The van der Waals surface area contributed by atoms with E-state index >= 15 is 0 Å². The largest absolute Gasteiger partial charge is 0.387 e. The average molecular weight is 271 g/mol. The molecule has 0 aromatic heterocycles. The fourth-order valence-electron chi connectivity index (χ4n) is 2.38. The van der Waals surface area contributed by atoms with Crippen molar-refractivity contribution in [2.45, 2.75) is 45.3 Å². The van der Waals surface area contributed by atoms with Crippen molar-refractivity contribution in [1.29, 1.82) is 0 Å². The van der Waals surface area contributed by atoms with Crippen LogP contribution in [0.15, 0.2) is 42.5 Å². The van der Waals surface area contributed by atoms with Gasteiger partial charge < -0.3 is 10.4 Å². The van der Waals surface area contributed by atoms with Crippen LogP contribution in [0.3, 0.4) is 0 Å². The number of aliphatic hydroxyl groups is 1. The first-order chi connectivity index (χ1) is 9.58. The molecule has 0 spiro atoms. The third kappa shape index (κ3) is 3.38. The summed E-state index contributed by atoms with van der Waals surface area (Å²) in [5.41, 5.74) is 1.09. The van der Waals surface area contributed by atoms with Crippen molar-refractivity contribution in [2.75, 3.05) is 6.54 Å². The van der Waals surface area contributed by atoms with Gasteiger partial charge >= 0.3 is 0 Å². The second-order valence-electron chi connectivity index (χ2n) is 5.77. The van der Waals surface area contributed by atoms with Gasteiger partial charge in [-0.25, -0.2) is 0 Å². The van der Waals surface area contributed by atoms with Gasteiger partial charge in [-0.3, -0.25) is 0 Å². The van der Waals surface area contributed by atoms with E-state index in [1.165, 1.54) is 10.8 Å². The standard InChI is InChI=1S/C18H25NO/c1-4-18(3,5-2)19-13-17(20)16-11-10-14-8-6-7-9-15(14)12-16/h6-12,17,19-20H,4-5,13H2,1-3H3. The molecule has 0 saturated carbocycles. The highest BCUT2D eigenvalue weighted by Gasteiger charge is 2.20. The number of fused-ring (bicyclic) bond motifs is 1. The Morgan fingerprint density at radius 3 is 2.35 bits per heavy atom. The third-order valence-electron chi connectivity index (χ3n) is 4.44. The molecule has 0 bridgehead atoms. The molecule has 20 heavy (non-hydrogen) atoms. The van der Waals surface area contributed by atoms with Crippen molar-refractivity contribution in [2.24, 2.45) is 0 Å². The monoisotopic (exact) mass is 271 g/mol. The van der Waals surface area contributed by atoms with Crippen LogP contribution in [0.5, 0.6) is 0 Å². The second-order valence-corrected chi connectivity index (χ2v) is 5.77. The normalized spacial score (nSPS) is 13.6. The molecule has 108 valence electrons. The fourth-order valence-corrected chi connectivity index (χ4v) is 2.38. The first-order valence-corrected chi connectivity index (χ1v) is 7.50. The quantitative estimate of drug-likeness (QED) is 0.831. The number of benzene rings is 2. The molecule has 1 unspecified atom stereocenters. The summed E-state index contributed by atoms with van der Waals surface area (Å²) < 4.78 is 0. The van der Waals surface area contributed by atoms with Crippen molar-refractivity contribution < 1.29 is 5.11 Å². The van der Waals surface area contributed by atoms with Gasteiger partial charge in [0.25, 0.3) is 0 Å². The van der Waals surface area contributed by atoms with Crippen LogP contribution in [-0.4, -0.2) is 17.2 Å². The fraction of sp³-hybridized carbons (Fsp3) is 0.444. The van der Waals surface area contributed by atoms with Gasteiger partial charge in [0, 0.05) is 12.1 Å². The van der Waals surface area contributed by atoms with Crippen LogP contribution in [0.2, 0.25) is 0 Å². The first-order valence-electron chi connectivity index (χ1n) is 7.50. The first kappa shape index (κ1) is 15.0. The zero-order chi connectivity index (χ0) is 14.6. The Hall–Kier alpha value is -1.38. The molecule has 0 radical (unpaired) electrons. The van der Waals surface area contributed by atoms with Gasteiger partial charge in [0.1, 0.15) is 0 Å². The summed E-state index contributed by atoms with van der Waals surface area (Å²) in [6, 6.07) is 14.4. The minimum Gasteiger partial charge on any atom is -0.387 e. The predicted molar refractivity (Wildman–Crippen MR) is 85.9 cm³/mol. The van der Waals surface area contributed by atoms with E-state index in [0.29, 0.717) is 6.54 Å². The summed E-state index contributed by atoms with van der Waals surface area (Å²) in [6.45, 7) is 7.16. The van der Waals surface area contributed by atoms with Crippen LogP contribution in [0.4, 0.5) is 0 Å². The number of rotatable bonds is 6. The highest BCUT2D eigenvalue weighted by atomic mass is 16.3. The van der Waals surface area contributed by atoms with Gasteiger partial charge in [-0.15, -0.1) is 0 Å². The second kappa shape index (κ2) is 6.38. The Bertz CT molecular complexity index is 560. The minimum absolute atomic E-state index is 0.109. The lowest BCUT2D eigenvalue weighted by Gasteiger charge is -2.29. The molecule has 2 N–H and O–H groups in total. The molecule has 2 nitrogen and oxygen atoms in total. The van der Waals surface area contributed by atoms with Crippen molar-refractivity contribution in [3.05, 3.63) is 48.0 Å². The van der Waals surface area contributed by atoms with Crippen LogP contribution in [0.25, 0.3) is 10.8 Å². The Kier molecular flexibility index (Phi) is 4.79. The lowest BCUT2D eigenvalue weighted by Crippen LogP contribution is -2.43. The lowest BCUT2D eigenvalue weighted by molar-refractivity contribution is 0.156. The molecule has 0 saturated heterocycles. The molecule has 0 fully saturated rings. The summed E-state index contributed by atoms with van der Waals surface area (Å²) in [6.07, 6.45) is 1.67. The van der Waals surface area contributed by atoms with E-state index in [4.69, 9.17) is 0 Å². The van der Waals surface area contributed by atoms with Crippen LogP contribution in [0.1, 0.15) is 45.3 Å². The summed E-state index contributed by atoms with van der Waals surface area (Å²) in [7, 11) is 0. The SMILES string of the molecule is CCC(C)(CC)NCC(O)c1ccc2ccccc2c1. The zero-order valence-electron chi connectivity index (χ0n) is 12.7. The van der Waals surface area contributed by atoms with Crippen molar-refractivity contribution in [1.82, 2.24) is 5.32 Å². The molecule has 0 heterocycles. The van der Waals surface area contributed by atoms with E-state index in [1.54, 1.807) is 0 Å². The topological polar surface area (TPSA) is 32.3 Å². The highest BCUT2D eigenvalue weighted by Crippen LogP contribution is 2.21. The van der Waals surface area contributed by atoms with E-state index in [1.807, 2.05) is 18.2 Å². The highest BCUT2D eigenvalue weighted by molar-refractivity contribution is 5.83. The molecule has 2 heteroatoms. The van der Waals surface area contributed by atoms with E-state index in [-0.39, 0.29) is 5.54 Å². The number of nitrogens with one attached hydrogen (secondary N) is 1. The molecule has 2 aromatic carbocycles. The average Bonchev–Trinajstić information content (AvgIpc) is 2.51. The molecule has 2 aromatic rings. The van der Waals surface area contributed by atoms with E-state index in [2.05, 4.69) is 50.4 Å². The van der Waals surface area contributed by atoms with Gasteiger partial charge in [0.05, 0.1) is 6.10 Å². The van der Waals surface area contributed by atoms with Gasteiger partial charge in [-0.05, 0) is 42.2 Å². The predicted octanol–water partition coefficient (Wildman–Crippen LogP) is 4.04. The molecule has 0 amide bonds. The summed E-state index contributed by atoms with van der Waals surface area (Å²) >= 11 is 0. The summed E-state index contributed by atoms with van der Waals surface area (Å²) in [5.74, 6) is 0. The van der Waals surface area contributed by atoms with Crippen molar-refractivity contribution >= 4 is 10.8 Å². The van der Waals surface area contributed by atoms with Crippen LogP contribution < -0.4 is 5.32 Å². The Balaban J connectivity index is 2.09. The van der Waals surface area contributed by atoms with Gasteiger partial charge in [0.15, 0.2) is 0 Å². The molecule has 2 rings (SSSR count). The van der Waals surface area contributed by atoms with Gasteiger partial charge in [-0.1, -0.05) is 50.2 Å².